The van der Waals surface area contributed by atoms with Gasteiger partial charge in [-0.1, -0.05) is 20.1 Å². The lowest BCUT2D eigenvalue weighted by Crippen LogP contribution is -2.61. The lowest BCUT2D eigenvalue weighted by Gasteiger charge is -2.47. The van der Waals surface area contributed by atoms with E-state index in [1.165, 1.54) is 0 Å². The third kappa shape index (κ3) is 6.59. The Hall–Kier alpha value is -1.29. The molecule has 0 amide bonds. The van der Waals surface area contributed by atoms with Gasteiger partial charge in [-0.15, -0.1) is 0 Å². The average molecular weight is 731 g/mol. The van der Waals surface area contributed by atoms with Gasteiger partial charge in [0.15, 0.2) is 5.79 Å². The van der Waals surface area contributed by atoms with Gasteiger partial charge in [-0.3, -0.25) is 4.79 Å². The van der Waals surface area contributed by atoms with E-state index in [0.717, 1.165) is 49.7 Å². The van der Waals surface area contributed by atoms with Gasteiger partial charge in [-0.05, 0) is 62.0 Å². The van der Waals surface area contributed by atoms with Gasteiger partial charge < -0.3 is 52.8 Å². The van der Waals surface area contributed by atoms with E-state index in [-0.39, 0.29) is 123 Å². The fourth-order valence-corrected chi connectivity index (χ4v) is 11.3. The molecule has 10 aliphatic heterocycles. The van der Waals surface area contributed by atoms with E-state index >= 15 is 0 Å². The topological polar surface area (TPSA) is 141 Å². The molecule has 10 saturated heterocycles. The van der Waals surface area contributed by atoms with Crippen LogP contribution < -0.4 is 0 Å². The summed E-state index contributed by atoms with van der Waals surface area (Å²) in [6.07, 6.45) is 4.01. The van der Waals surface area contributed by atoms with Crippen LogP contribution in [0.25, 0.3) is 0 Å². The fraction of sp³-hybridized carbons (Fsp3) is 0.875. The number of hydrogen-bond acceptors (Lipinski definition) is 12. The van der Waals surface area contributed by atoms with E-state index in [0.29, 0.717) is 25.7 Å². The maximum atomic E-state index is 14.0. The van der Waals surface area contributed by atoms with E-state index in [2.05, 4.69) is 20.1 Å². The van der Waals surface area contributed by atoms with Gasteiger partial charge in [0.1, 0.15) is 36.3 Å². The van der Waals surface area contributed by atoms with Crippen molar-refractivity contribution in [1.82, 2.24) is 0 Å². The van der Waals surface area contributed by atoms with Crippen LogP contribution in [0.5, 0.6) is 0 Å². The first kappa shape index (κ1) is 36.4. The summed E-state index contributed by atoms with van der Waals surface area (Å²) >= 11 is 0. The zero-order valence-electron chi connectivity index (χ0n) is 30.7. The number of ether oxygens (including phenoxy) is 9. The number of aliphatic hydroxyl groups is 2. The first-order chi connectivity index (χ1) is 25.1. The highest BCUT2D eigenvalue weighted by molar-refractivity contribution is 5.79. The molecule has 0 aromatic rings. The van der Waals surface area contributed by atoms with Gasteiger partial charge in [-0.2, -0.15) is 0 Å². The standard InChI is InChI=1S/C40H58O12/c1-19-11-24-5-7-28-20(2)12-26(45-28)9-10-40-17-33-36(51-40)37-38(50-33)39(52-40)35-29(49-37)8-6-25(47-35)13-22(42)14-27-31(16-30(46-24)21(19)3)48-32(34(27)44-4)15-23(43)18-41/h19,23-39,41,43H,2-3,5-18H2,1,4H3/t19-,23+,24?,25-,26+,27+,28?,29+,30-,31+,32-,33-,34-,35+,36?,37+,38?,39?,40+/m1/s1. The summed E-state index contributed by atoms with van der Waals surface area (Å²) in [7, 11) is 1.63. The van der Waals surface area contributed by atoms with Crippen LogP contribution >= 0.6 is 0 Å². The third-order valence-electron chi connectivity index (χ3n) is 13.9. The lowest BCUT2D eigenvalue weighted by molar-refractivity contribution is -0.292. The number of ketones is 1. The number of carbonyl (C=O) groups excluding carboxylic acids is 1. The van der Waals surface area contributed by atoms with Crippen LogP contribution in [0.3, 0.4) is 0 Å². The minimum Gasteiger partial charge on any atom is -0.394 e. The summed E-state index contributed by atoms with van der Waals surface area (Å²) in [5, 5.41) is 20.1. The van der Waals surface area contributed by atoms with Crippen molar-refractivity contribution in [2.24, 2.45) is 11.8 Å². The second-order valence-electron chi connectivity index (χ2n) is 17.4. The van der Waals surface area contributed by atoms with Crippen molar-refractivity contribution in [2.75, 3.05) is 13.7 Å². The van der Waals surface area contributed by atoms with Crippen molar-refractivity contribution in [1.29, 1.82) is 0 Å². The minimum atomic E-state index is -0.951. The molecule has 10 heterocycles. The third-order valence-corrected chi connectivity index (χ3v) is 13.9. The normalized spacial score (nSPS) is 52.4. The highest BCUT2D eigenvalue weighted by Gasteiger charge is 2.68. The highest BCUT2D eigenvalue weighted by atomic mass is 16.8. The molecule has 19 atom stereocenters. The Balaban J connectivity index is 0.994. The van der Waals surface area contributed by atoms with Gasteiger partial charge >= 0.3 is 0 Å². The fourth-order valence-electron chi connectivity index (χ4n) is 11.3. The molecule has 0 aliphatic carbocycles. The molecule has 12 bridgehead atoms. The van der Waals surface area contributed by atoms with E-state index < -0.39 is 24.1 Å². The number of rotatable bonds is 4. The zero-order chi connectivity index (χ0) is 35.9. The molecule has 5 unspecified atom stereocenters. The van der Waals surface area contributed by atoms with Crippen LogP contribution in [-0.4, -0.2) is 133 Å². The number of methoxy groups -OCH3 is 1. The molecule has 290 valence electrons. The van der Waals surface area contributed by atoms with Crippen molar-refractivity contribution in [2.45, 2.75) is 194 Å². The Bertz CT molecular complexity index is 1370. The van der Waals surface area contributed by atoms with E-state index in [1.807, 2.05) is 0 Å². The Kier molecular flexibility index (Phi) is 10.0. The number of fused-ring (bicyclic) bond motifs is 6. The second-order valence-corrected chi connectivity index (χ2v) is 17.4. The summed E-state index contributed by atoms with van der Waals surface area (Å²) in [5.74, 6) is -0.709. The molecule has 2 N–H and O–H groups in total. The molecule has 0 saturated carbocycles. The van der Waals surface area contributed by atoms with E-state index in [1.54, 1.807) is 7.11 Å². The molecule has 0 radical (unpaired) electrons. The quantitative estimate of drug-likeness (QED) is 0.410. The van der Waals surface area contributed by atoms with Crippen LogP contribution in [0.1, 0.15) is 90.4 Å². The monoisotopic (exact) mass is 730 g/mol. The van der Waals surface area contributed by atoms with Crippen molar-refractivity contribution in [3.63, 3.8) is 0 Å². The Labute approximate surface area is 306 Å². The molecule has 52 heavy (non-hydrogen) atoms. The van der Waals surface area contributed by atoms with Crippen molar-refractivity contribution in [3.8, 4) is 0 Å². The van der Waals surface area contributed by atoms with Gasteiger partial charge in [-0.25, -0.2) is 0 Å². The second kappa shape index (κ2) is 14.3. The molecule has 10 fully saturated rings. The SMILES string of the molecule is C=C1C[C@@H]2CC[C@@]34C[C@H]5OC6C(O3)[C@H]3O[C@H](CC[C@@H]3O[C@H]6C5O4)CC(=O)C[C@@H]3[C@@H](OC)[C@@H](C[C@H](O)CO)O[C@H]3C[C@H]3OC(CCC1O2)C[C@@H](C)C3=C. The summed E-state index contributed by atoms with van der Waals surface area (Å²) in [4.78, 5) is 14.0. The summed E-state index contributed by atoms with van der Waals surface area (Å²) < 4.78 is 59.8. The van der Waals surface area contributed by atoms with Gasteiger partial charge in [0, 0.05) is 51.6 Å². The van der Waals surface area contributed by atoms with Crippen LogP contribution in [0, 0.1) is 11.8 Å². The highest BCUT2D eigenvalue weighted by Crippen LogP contribution is 2.54. The van der Waals surface area contributed by atoms with Crippen LogP contribution in [-0.2, 0) is 47.4 Å². The number of aliphatic hydroxyl groups excluding tert-OH is 2. The Morgan fingerprint density at radius 1 is 0.788 bits per heavy atom. The molecule has 0 aromatic carbocycles. The molecule has 12 heteroatoms. The minimum absolute atomic E-state index is 0.0260. The molecular weight excluding hydrogens is 672 g/mol. The molecule has 0 aromatic heterocycles. The summed E-state index contributed by atoms with van der Waals surface area (Å²) in [6.45, 7) is 10.7. The molecular formula is C40H58O12. The predicted octanol–water partition coefficient (Wildman–Crippen LogP) is 3.47. The van der Waals surface area contributed by atoms with Crippen molar-refractivity contribution >= 4 is 5.78 Å². The number of carbonyl (C=O) groups is 1. The van der Waals surface area contributed by atoms with Crippen molar-refractivity contribution < 1.29 is 57.6 Å². The van der Waals surface area contributed by atoms with Crippen LogP contribution in [0.2, 0.25) is 0 Å². The van der Waals surface area contributed by atoms with Crippen LogP contribution in [0.4, 0.5) is 0 Å². The van der Waals surface area contributed by atoms with E-state index in [9.17, 15) is 15.0 Å². The number of hydrogen-bond donors (Lipinski definition) is 2. The van der Waals surface area contributed by atoms with E-state index in [4.69, 9.17) is 42.6 Å². The van der Waals surface area contributed by atoms with Gasteiger partial charge in [0.25, 0.3) is 0 Å². The van der Waals surface area contributed by atoms with Gasteiger partial charge in [0.2, 0.25) is 0 Å². The Morgan fingerprint density at radius 2 is 1.54 bits per heavy atom. The maximum absolute atomic E-state index is 14.0. The summed E-state index contributed by atoms with van der Waals surface area (Å²) in [5.41, 5.74) is 2.17. The van der Waals surface area contributed by atoms with Gasteiger partial charge in [0.05, 0.1) is 73.8 Å². The Morgan fingerprint density at radius 3 is 2.37 bits per heavy atom. The first-order valence-electron chi connectivity index (χ1n) is 20.1. The molecule has 10 rings (SSSR count). The lowest BCUT2D eigenvalue weighted by atomic mass is 9.81. The first-order valence-corrected chi connectivity index (χ1v) is 20.1. The molecule has 10 aliphatic rings. The average Bonchev–Trinajstić information content (AvgIpc) is 3.79. The summed E-state index contributed by atoms with van der Waals surface area (Å²) in [6, 6.07) is 0. The largest absolute Gasteiger partial charge is 0.394 e. The smallest absolute Gasteiger partial charge is 0.172 e. The molecule has 1 spiro atoms. The maximum Gasteiger partial charge on any atom is 0.172 e. The number of Topliss-reactive ketones (excluding diaryl/α,β-unsaturated/α-hetero) is 1. The molecule has 12 nitrogen and oxygen atoms in total. The predicted molar refractivity (Wildman–Crippen MR) is 184 cm³/mol. The zero-order valence-corrected chi connectivity index (χ0v) is 30.7. The van der Waals surface area contributed by atoms with Crippen LogP contribution in [0.15, 0.2) is 24.3 Å². The van der Waals surface area contributed by atoms with Crippen molar-refractivity contribution in [3.05, 3.63) is 24.3 Å².